The molecule has 0 atom stereocenters. The number of aromatic nitrogens is 1. The monoisotopic (exact) mass is 506 g/mol. The normalized spacial score (nSPS) is 17.6. The molecule has 2 saturated heterocycles. The molecule has 0 bridgehead atoms. The fourth-order valence-electron chi connectivity index (χ4n) is 4.21. The Morgan fingerprint density at radius 3 is 2.21 bits per heavy atom. The van der Waals surface area contributed by atoms with Crippen LogP contribution >= 0.6 is 22.7 Å². The first-order chi connectivity index (χ1) is 16.3. The van der Waals surface area contributed by atoms with Crippen molar-refractivity contribution >= 4 is 34.5 Å². The van der Waals surface area contributed by atoms with E-state index in [1.54, 1.807) is 45.6 Å². The summed E-state index contributed by atoms with van der Waals surface area (Å²) in [5.41, 5.74) is 1.18. The number of hydrogen-bond donors (Lipinski definition) is 0. The highest BCUT2D eigenvalue weighted by Crippen LogP contribution is 2.38. The van der Waals surface area contributed by atoms with E-state index in [9.17, 15) is 22.8 Å². The molecule has 0 saturated carbocycles. The lowest BCUT2D eigenvalue weighted by molar-refractivity contribution is -0.134. The number of amides is 2. The summed E-state index contributed by atoms with van der Waals surface area (Å²) in [4.78, 5) is 35.1. The molecule has 0 spiro atoms. The first kappa shape index (κ1) is 23.0. The van der Waals surface area contributed by atoms with Crippen LogP contribution in [0.2, 0.25) is 0 Å². The fraction of sp³-hybridized carbons (Fsp3) is 0.348. The van der Waals surface area contributed by atoms with E-state index in [1.165, 1.54) is 17.4 Å². The number of thiophene rings is 1. The van der Waals surface area contributed by atoms with Crippen LogP contribution in [0.5, 0.6) is 0 Å². The van der Waals surface area contributed by atoms with Gasteiger partial charge in [-0.05, 0) is 29.8 Å². The quantitative estimate of drug-likeness (QED) is 0.533. The van der Waals surface area contributed by atoms with Gasteiger partial charge in [-0.15, -0.1) is 22.7 Å². The van der Waals surface area contributed by atoms with Crippen molar-refractivity contribution in [1.29, 1.82) is 0 Å². The number of piperazine rings is 1. The minimum absolute atomic E-state index is 0.0271. The van der Waals surface area contributed by atoms with Gasteiger partial charge in [0.05, 0.1) is 0 Å². The number of benzene rings is 1. The van der Waals surface area contributed by atoms with E-state index in [0.717, 1.165) is 19.2 Å². The van der Waals surface area contributed by atoms with E-state index < -0.39 is 11.1 Å². The van der Waals surface area contributed by atoms with Crippen LogP contribution in [0.15, 0.2) is 48.0 Å². The lowest BCUT2D eigenvalue weighted by Crippen LogP contribution is -2.64. The SMILES string of the molecule is O=C(c1ccc(-c2ccc(C(F)(F)F)s2)cc1)N1CCN(C2CN(C(=O)c3nccs3)C2)CC1. The van der Waals surface area contributed by atoms with E-state index in [2.05, 4.69) is 9.88 Å². The fourth-order valence-corrected chi connectivity index (χ4v) is 5.69. The highest BCUT2D eigenvalue weighted by atomic mass is 32.1. The van der Waals surface area contributed by atoms with Gasteiger partial charge >= 0.3 is 6.18 Å². The van der Waals surface area contributed by atoms with E-state index >= 15 is 0 Å². The van der Waals surface area contributed by atoms with E-state index in [0.29, 0.717) is 64.6 Å². The predicted molar refractivity (Wildman–Crippen MR) is 124 cm³/mol. The number of alkyl halides is 3. The molecular formula is C23H21F3N4O2S2. The minimum atomic E-state index is -4.35. The Bertz CT molecular complexity index is 1160. The van der Waals surface area contributed by atoms with Gasteiger partial charge in [0.2, 0.25) is 0 Å². The second-order valence-corrected chi connectivity index (χ2v) is 10.2. The number of hydrogen-bond acceptors (Lipinski definition) is 6. The van der Waals surface area contributed by atoms with Crippen molar-refractivity contribution < 1.29 is 22.8 Å². The third kappa shape index (κ3) is 4.59. The molecule has 5 rings (SSSR count). The Balaban J connectivity index is 1.13. The van der Waals surface area contributed by atoms with Crippen LogP contribution in [-0.2, 0) is 6.18 Å². The number of nitrogens with zero attached hydrogens (tertiary/aromatic N) is 4. The Kier molecular flexibility index (Phi) is 6.17. The van der Waals surface area contributed by atoms with Crippen molar-refractivity contribution in [3.63, 3.8) is 0 Å². The number of halogens is 3. The summed E-state index contributed by atoms with van der Waals surface area (Å²) < 4.78 is 38.5. The maximum atomic E-state index is 12.9. The average Bonchev–Trinajstić information content (AvgIpc) is 3.50. The van der Waals surface area contributed by atoms with Crippen molar-refractivity contribution in [1.82, 2.24) is 19.7 Å². The average molecular weight is 507 g/mol. The Morgan fingerprint density at radius 1 is 0.912 bits per heavy atom. The van der Waals surface area contributed by atoms with Gasteiger partial charge in [-0.25, -0.2) is 4.98 Å². The summed E-state index contributed by atoms with van der Waals surface area (Å²) in [5.74, 6) is -0.108. The van der Waals surface area contributed by atoms with Crippen molar-refractivity contribution in [3.8, 4) is 10.4 Å². The molecule has 34 heavy (non-hydrogen) atoms. The Hall–Kier alpha value is -2.76. The molecular weight excluding hydrogens is 485 g/mol. The van der Waals surface area contributed by atoms with E-state index in [4.69, 9.17) is 0 Å². The van der Waals surface area contributed by atoms with Gasteiger partial charge in [0, 0.05) is 67.3 Å². The molecule has 3 aromatic rings. The van der Waals surface area contributed by atoms with Crippen LogP contribution in [-0.4, -0.2) is 76.8 Å². The molecule has 0 unspecified atom stereocenters. The summed E-state index contributed by atoms with van der Waals surface area (Å²) in [6.45, 7) is 4.01. The maximum absolute atomic E-state index is 12.9. The van der Waals surface area contributed by atoms with Gasteiger partial charge in [0.25, 0.3) is 11.8 Å². The van der Waals surface area contributed by atoms with Crippen molar-refractivity contribution in [3.05, 3.63) is 63.4 Å². The Labute approximate surface area is 202 Å². The summed E-state index contributed by atoms with van der Waals surface area (Å²) >= 11 is 2.04. The van der Waals surface area contributed by atoms with Crippen LogP contribution < -0.4 is 0 Å². The van der Waals surface area contributed by atoms with Crippen LogP contribution in [0, 0.1) is 0 Å². The van der Waals surface area contributed by atoms with Gasteiger partial charge in [0.1, 0.15) is 4.88 Å². The molecule has 11 heteroatoms. The van der Waals surface area contributed by atoms with Crippen molar-refractivity contribution in [2.75, 3.05) is 39.3 Å². The maximum Gasteiger partial charge on any atom is 0.425 e. The molecule has 2 aliphatic rings. The molecule has 2 amide bonds. The van der Waals surface area contributed by atoms with E-state index in [1.807, 2.05) is 0 Å². The molecule has 1 aromatic carbocycles. The third-order valence-corrected chi connectivity index (χ3v) is 8.12. The summed E-state index contributed by atoms with van der Waals surface area (Å²) in [7, 11) is 0. The smallest absolute Gasteiger partial charge is 0.336 e. The molecule has 2 fully saturated rings. The van der Waals surface area contributed by atoms with Crippen LogP contribution in [0.3, 0.4) is 0 Å². The first-order valence-electron chi connectivity index (χ1n) is 10.8. The Morgan fingerprint density at radius 2 is 1.62 bits per heavy atom. The van der Waals surface area contributed by atoms with Crippen LogP contribution in [0.25, 0.3) is 10.4 Å². The van der Waals surface area contributed by atoms with Gasteiger partial charge in [-0.2, -0.15) is 13.2 Å². The van der Waals surface area contributed by atoms with Gasteiger partial charge in [-0.3, -0.25) is 14.5 Å². The molecule has 0 radical (unpaired) electrons. The predicted octanol–water partition coefficient (Wildman–Crippen LogP) is 4.17. The van der Waals surface area contributed by atoms with Crippen LogP contribution in [0.1, 0.15) is 25.0 Å². The molecule has 178 valence electrons. The largest absolute Gasteiger partial charge is 0.425 e. The number of likely N-dealkylation sites (tertiary alicyclic amines) is 1. The zero-order valence-electron chi connectivity index (χ0n) is 18.0. The molecule has 2 aromatic heterocycles. The second-order valence-electron chi connectivity index (χ2n) is 8.27. The van der Waals surface area contributed by atoms with Crippen LogP contribution in [0.4, 0.5) is 13.2 Å². The lowest BCUT2D eigenvalue weighted by Gasteiger charge is -2.47. The zero-order chi connectivity index (χ0) is 23.9. The molecule has 0 aliphatic carbocycles. The number of thiazole rings is 1. The number of carbonyl (C=O) groups excluding carboxylic acids is 2. The standard InChI is InChI=1S/C23H21F3N4O2S2/c24-23(25,26)19-6-5-18(34-19)15-1-3-16(4-2-15)21(31)29-10-8-28(9-11-29)17-13-30(14-17)22(32)20-27-7-12-33-20/h1-7,12,17H,8-11,13-14H2. The minimum Gasteiger partial charge on any atom is -0.336 e. The van der Waals surface area contributed by atoms with Gasteiger partial charge in [0.15, 0.2) is 5.01 Å². The summed E-state index contributed by atoms with van der Waals surface area (Å²) in [6, 6.07) is 9.56. The molecule has 4 heterocycles. The highest BCUT2D eigenvalue weighted by molar-refractivity contribution is 7.15. The molecule has 0 N–H and O–H groups in total. The van der Waals surface area contributed by atoms with Crippen molar-refractivity contribution in [2.24, 2.45) is 0 Å². The number of carbonyl (C=O) groups is 2. The van der Waals surface area contributed by atoms with Gasteiger partial charge < -0.3 is 9.80 Å². The van der Waals surface area contributed by atoms with E-state index in [-0.39, 0.29) is 11.8 Å². The first-order valence-corrected chi connectivity index (χ1v) is 12.5. The number of rotatable bonds is 4. The zero-order valence-corrected chi connectivity index (χ0v) is 19.6. The topological polar surface area (TPSA) is 56.8 Å². The van der Waals surface area contributed by atoms with Gasteiger partial charge in [-0.1, -0.05) is 12.1 Å². The second kappa shape index (κ2) is 9.12. The summed E-state index contributed by atoms with van der Waals surface area (Å²) in [6.07, 6.45) is -2.72. The highest BCUT2D eigenvalue weighted by Gasteiger charge is 2.37. The van der Waals surface area contributed by atoms with Crippen molar-refractivity contribution in [2.45, 2.75) is 12.2 Å². The lowest BCUT2D eigenvalue weighted by atomic mass is 10.1. The molecule has 2 aliphatic heterocycles. The third-order valence-electron chi connectivity index (χ3n) is 6.18. The molecule has 6 nitrogen and oxygen atoms in total. The summed E-state index contributed by atoms with van der Waals surface area (Å²) in [5, 5.41) is 2.31.